The number of carbonyl (C=O) groups excluding carboxylic acids is 2. The minimum absolute atomic E-state index is 0.115. The molecule has 1 atom stereocenters. The normalized spacial score (nSPS) is 11.6. The van der Waals surface area contributed by atoms with Gasteiger partial charge >= 0.3 is 0 Å². The van der Waals surface area contributed by atoms with Crippen LogP contribution >= 0.6 is 11.6 Å². The molecule has 6 heteroatoms. The lowest BCUT2D eigenvalue weighted by molar-refractivity contribution is -0.122. The fraction of sp³-hybridized carbons (Fsp3) is 0.263. The van der Waals surface area contributed by atoms with Crippen LogP contribution in [0.2, 0.25) is 5.02 Å². The van der Waals surface area contributed by atoms with Crippen LogP contribution in [0, 0.1) is 5.82 Å². The van der Waals surface area contributed by atoms with Gasteiger partial charge in [-0.05, 0) is 41.8 Å². The molecule has 2 rings (SSSR count). The van der Waals surface area contributed by atoms with Gasteiger partial charge in [-0.3, -0.25) is 9.59 Å². The van der Waals surface area contributed by atoms with E-state index in [9.17, 15) is 14.0 Å². The molecule has 0 aliphatic rings. The highest BCUT2D eigenvalue weighted by atomic mass is 35.5. The SMILES string of the molecule is CC(=O)NC(CC(=O)NCCc1cccc(F)c1)c1ccc(Cl)cc1. The Balaban J connectivity index is 1.90. The number of rotatable bonds is 7. The first-order valence-corrected chi connectivity index (χ1v) is 8.35. The average Bonchev–Trinajstić information content (AvgIpc) is 2.54. The summed E-state index contributed by atoms with van der Waals surface area (Å²) in [5, 5.41) is 6.15. The first-order valence-electron chi connectivity index (χ1n) is 7.98. The summed E-state index contributed by atoms with van der Waals surface area (Å²) in [5.74, 6) is -0.699. The standard InChI is InChI=1S/C19H20ClFN2O2/c1-13(24)23-18(15-5-7-16(20)8-6-15)12-19(25)22-10-9-14-3-2-4-17(21)11-14/h2-8,11,18H,9-10,12H2,1H3,(H,22,25)(H,23,24). The second kappa shape index (κ2) is 9.18. The van der Waals surface area contributed by atoms with Crippen molar-refractivity contribution in [3.05, 3.63) is 70.5 Å². The molecule has 0 saturated heterocycles. The number of nitrogens with one attached hydrogen (secondary N) is 2. The van der Waals surface area contributed by atoms with Gasteiger partial charge in [0.1, 0.15) is 5.82 Å². The van der Waals surface area contributed by atoms with E-state index in [1.54, 1.807) is 30.3 Å². The van der Waals surface area contributed by atoms with Gasteiger partial charge in [0.15, 0.2) is 0 Å². The highest BCUT2D eigenvalue weighted by Gasteiger charge is 2.17. The van der Waals surface area contributed by atoms with E-state index in [-0.39, 0.29) is 24.1 Å². The van der Waals surface area contributed by atoms with Crippen molar-refractivity contribution in [2.45, 2.75) is 25.8 Å². The molecule has 0 aliphatic carbocycles. The van der Waals surface area contributed by atoms with Crippen molar-refractivity contribution in [3.63, 3.8) is 0 Å². The second-order valence-electron chi connectivity index (χ2n) is 5.74. The Labute approximate surface area is 151 Å². The molecule has 1 unspecified atom stereocenters. The maximum Gasteiger partial charge on any atom is 0.222 e. The fourth-order valence-electron chi connectivity index (χ4n) is 2.49. The van der Waals surface area contributed by atoms with Crippen LogP contribution in [0.4, 0.5) is 4.39 Å². The first kappa shape index (κ1) is 18.9. The summed E-state index contributed by atoms with van der Waals surface area (Å²) in [6.45, 7) is 1.81. The fourth-order valence-corrected chi connectivity index (χ4v) is 2.61. The van der Waals surface area contributed by atoms with Crippen LogP contribution in [0.15, 0.2) is 48.5 Å². The number of hydrogen-bond donors (Lipinski definition) is 2. The minimum Gasteiger partial charge on any atom is -0.356 e. The molecule has 0 bridgehead atoms. The van der Waals surface area contributed by atoms with E-state index in [1.807, 2.05) is 6.07 Å². The Morgan fingerprint density at radius 2 is 1.88 bits per heavy atom. The largest absolute Gasteiger partial charge is 0.356 e. The summed E-state index contributed by atoms with van der Waals surface area (Å²) >= 11 is 5.87. The predicted molar refractivity (Wildman–Crippen MR) is 95.7 cm³/mol. The summed E-state index contributed by atoms with van der Waals surface area (Å²) in [7, 11) is 0. The summed E-state index contributed by atoms with van der Waals surface area (Å²) < 4.78 is 13.1. The quantitative estimate of drug-likeness (QED) is 0.793. The van der Waals surface area contributed by atoms with E-state index in [4.69, 9.17) is 11.6 Å². The maximum atomic E-state index is 13.1. The maximum absolute atomic E-state index is 13.1. The van der Waals surface area contributed by atoms with Crippen molar-refractivity contribution < 1.29 is 14.0 Å². The van der Waals surface area contributed by atoms with E-state index in [0.717, 1.165) is 11.1 Å². The molecule has 0 aromatic heterocycles. The molecule has 132 valence electrons. The minimum atomic E-state index is -0.427. The Hall–Kier alpha value is -2.40. The highest BCUT2D eigenvalue weighted by molar-refractivity contribution is 6.30. The van der Waals surface area contributed by atoms with Gasteiger partial charge in [-0.1, -0.05) is 35.9 Å². The second-order valence-corrected chi connectivity index (χ2v) is 6.18. The van der Waals surface area contributed by atoms with Crippen molar-refractivity contribution >= 4 is 23.4 Å². The molecule has 0 radical (unpaired) electrons. The molecule has 4 nitrogen and oxygen atoms in total. The van der Waals surface area contributed by atoms with E-state index in [2.05, 4.69) is 10.6 Å². The lowest BCUT2D eigenvalue weighted by Gasteiger charge is -2.18. The average molecular weight is 363 g/mol. The van der Waals surface area contributed by atoms with E-state index < -0.39 is 6.04 Å². The van der Waals surface area contributed by atoms with Crippen LogP contribution in [0.3, 0.4) is 0 Å². The summed E-state index contributed by atoms with van der Waals surface area (Å²) in [6.07, 6.45) is 0.652. The topological polar surface area (TPSA) is 58.2 Å². The number of carbonyl (C=O) groups is 2. The lowest BCUT2D eigenvalue weighted by atomic mass is 10.0. The molecule has 2 aromatic rings. The van der Waals surface area contributed by atoms with Gasteiger partial charge in [0, 0.05) is 18.5 Å². The zero-order chi connectivity index (χ0) is 18.2. The van der Waals surface area contributed by atoms with Gasteiger partial charge < -0.3 is 10.6 Å². The number of amides is 2. The van der Waals surface area contributed by atoms with Crippen molar-refractivity contribution in [1.29, 1.82) is 0 Å². The molecule has 0 aliphatic heterocycles. The van der Waals surface area contributed by atoms with E-state index >= 15 is 0 Å². The van der Waals surface area contributed by atoms with E-state index in [1.165, 1.54) is 19.1 Å². The summed E-state index contributed by atoms with van der Waals surface area (Å²) in [6, 6.07) is 12.8. The number of halogens is 2. The van der Waals surface area contributed by atoms with Gasteiger partial charge in [0.25, 0.3) is 0 Å². The Kier molecular flexibility index (Phi) is 6.95. The molecule has 25 heavy (non-hydrogen) atoms. The van der Waals surface area contributed by atoms with Crippen LogP contribution in [-0.4, -0.2) is 18.4 Å². The van der Waals surface area contributed by atoms with Gasteiger partial charge in [-0.15, -0.1) is 0 Å². The molecular weight excluding hydrogens is 343 g/mol. The molecule has 0 saturated carbocycles. The molecule has 0 spiro atoms. The highest BCUT2D eigenvalue weighted by Crippen LogP contribution is 2.19. The van der Waals surface area contributed by atoms with Crippen molar-refractivity contribution in [2.75, 3.05) is 6.54 Å². The monoisotopic (exact) mass is 362 g/mol. The smallest absolute Gasteiger partial charge is 0.222 e. The molecule has 2 aromatic carbocycles. The number of hydrogen-bond acceptors (Lipinski definition) is 2. The van der Waals surface area contributed by atoms with Gasteiger partial charge in [-0.25, -0.2) is 4.39 Å². The molecular formula is C19H20ClFN2O2. The van der Waals surface area contributed by atoms with Gasteiger partial charge in [-0.2, -0.15) is 0 Å². The zero-order valence-electron chi connectivity index (χ0n) is 13.9. The van der Waals surface area contributed by atoms with Crippen LogP contribution < -0.4 is 10.6 Å². The Morgan fingerprint density at radius 3 is 2.52 bits per heavy atom. The van der Waals surface area contributed by atoms with Crippen molar-refractivity contribution in [3.8, 4) is 0 Å². The molecule has 2 amide bonds. The van der Waals surface area contributed by atoms with Crippen LogP contribution in [0.25, 0.3) is 0 Å². The van der Waals surface area contributed by atoms with Gasteiger partial charge in [0.05, 0.1) is 12.5 Å². The van der Waals surface area contributed by atoms with Crippen molar-refractivity contribution in [2.24, 2.45) is 0 Å². The van der Waals surface area contributed by atoms with Gasteiger partial charge in [0.2, 0.25) is 11.8 Å². The third-order valence-corrected chi connectivity index (χ3v) is 3.92. The molecule has 2 N–H and O–H groups in total. The Morgan fingerprint density at radius 1 is 1.16 bits per heavy atom. The lowest BCUT2D eigenvalue weighted by Crippen LogP contribution is -2.33. The summed E-state index contributed by atoms with van der Waals surface area (Å²) in [5.41, 5.74) is 1.62. The van der Waals surface area contributed by atoms with Crippen LogP contribution in [0.1, 0.15) is 30.5 Å². The zero-order valence-corrected chi connectivity index (χ0v) is 14.6. The van der Waals surface area contributed by atoms with Crippen molar-refractivity contribution in [1.82, 2.24) is 10.6 Å². The third-order valence-electron chi connectivity index (χ3n) is 3.66. The molecule has 0 heterocycles. The first-order chi connectivity index (χ1) is 11.9. The summed E-state index contributed by atoms with van der Waals surface area (Å²) in [4.78, 5) is 23.6. The number of benzene rings is 2. The predicted octanol–water partition coefficient (Wildman–Crippen LogP) is 3.41. The van der Waals surface area contributed by atoms with Crippen LogP contribution in [-0.2, 0) is 16.0 Å². The Bertz CT molecular complexity index is 734. The van der Waals surface area contributed by atoms with Crippen LogP contribution in [0.5, 0.6) is 0 Å². The third kappa shape index (κ3) is 6.55. The molecule has 0 fully saturated rings. The van der Waals surface area contributed by atoms with E-state index in [0.29, 0.717) is 18.0 Å².